The number of ether oxygens (including phenoxy) is 2. The van der Waals surface area contributed by atoms with Gasteiger partial charge in [-0.2, -0.15) is 0 Å². The largest absolute Gasteiger partial charge is 0.480 e. The zero-order valence-electron chi connectivity index (χ0n) is 11.7. The molecule has 1 amide bonds. The number of hydrogen-bond acceptors (Lipinski definition) is 4. The first-order valence-corrected chi connectivity index (χ1v) is 6.56. The molecule has 0 bridgehead atoms. The Morgan fingerprint density at radius 2 is 1.55 bits per heavy atom. The van der Waals surface area contributed by atoms with E-state index >= 15 is 0 Å². The first-order valence-electron chi connectivity index (χ1n) is 6.56. The van der Waals surface area contributed by atoms with E-state index in [9.17, 15) is 9.59 Å². The Kier molecular flexibility index (Phi) is 5.50. The van der Waals surface area contributed by atoms with Gasteiger partial charge in [0, 0.05) is 5.69 Å². The lowest BCUT2D eigenvalue weighted by atomic mass is 10.3. The second-order valence-electron chi connectivity index (χ2n) is 4.37. The summed E-state index contributed by atoms with van der Waals surface area (Å²) in [5, 5.41) is 11.0. The van der Waals surface area contributed by atoms with Crippen LogP contribution < -0.4 is 10.1 Å². The number of benzene rings is 2. The highest BCUT2D eigenvalue weighted by molar-refractivity contribution is 5.91. The summed E-state index contributed by atoms with van der Waals surface area (Å²) in [7, 11) is 0. The maximum absolute atomic E-state index is 11.5. The number of rotatable bonds is 7. The third kappa shape index (κ3) is 5.26. The summed E-state index contributed by atoms with van der Waals surface area (Å²) >= 11 is 0. The molecule has 0 aliphatic rings. The lowest BCUT2D eigenvalue weighted by molar-refractivity contribution is -0.143. The van der Waals surface area contributed by atoms with Crippen LogP contribution in [0.15, 0.2) is 54.6 Å². The molecule has 2 N–H and O–H groups in total. The van der Waals surface area contributed by atoms with Crippen molar-refractivity contribution in [2.45, 2.75) is 0 Å². The predicted octanol–water partition coefficient (Wildman–Crippen LogP) is 2.52. The van der Waals surface area contributed by atoms with Crippen molar-refractivity contribution in [3.05, 3.63) is 54.6 Å². The lowest BCUT2D eigenvalue weighted by Crippen LogP contribution is -2.20. The molecule has 22 heavy (non-hydrogen) atoms. The van der Waals surface area contributed by atoms with Crippen LogP contribution in [0.25, 0.3) is 0 Å². The molecule has 0 unspecified atom stereocenters. The van der Waals surface area contributed by atoms with Crippen LogP contribution in [-0.2, 0) is 14.3 Å². The molecule has 2 aromatic carbocycles. The van der Waals surface area contributed by atoms with E-state index in [4.69, 9.17) is 14.6 Å². The van der Waals surface area contributed by atoms with Gasteiger partial charge < -0.3 is 19.9 Å². The van der Waals surface area contributed by atoms with E-state index in [-0.39, 0.29) is 6.61 Å². The fraction of sp³-hybridized carbons (Fsp3) is 0.125. The summed E-state index contributed by atoms with van der Waals surface area (Å²) < 4.78 is 10.3. The normalized spacial score (nSPS) is 10.0. The molecule has 6 nitrogen and oxygen atoms in total. The van der Waals surface area contributed by atoms with Crippen LogP contribution in [0.4, 0.5) is 5.69 Å². The van der Waals surface area contributed by atoms with Gasteiger partial charge in [-0.3, -0.25) is 4.79 Å². The summed E-state index contributed by atoms with van der Waals surface area (Å²) in [6.45, 7) is -0.814. The van der Waals surface area contributed by atoms with E-state index in [1.54, 1.807) is 24.3 Å². The Labute approximate surface area is 127 Å². The standard InChI is InChI=1S/C16H15NO5/c18-15(10-21-11-16(19)20)17-12-6-8-14(9-7-12)22-13-4-2-1-3-5-13/h1-9H,10-11H2,(H,17,18)(H,19,20). The number of carbonyl (C=O) groups excluding carboxylic acids is 1. The van der Waals surface area contributed by atoms with E-state index in [0.717, 1.165) is 5.75 Å². The molecule has 2 rings (SSSR count). The summed E-state index contributed by atoms with van der Waals surface area (Å²) in [5.41, 5.74) is 0.573. The molecule has 0 radical (unpaired) electrons. The first kappa shape index (κ1) is 15.5. The van der Waals surface area contributed by atoms with Crippen molar-refractivity contribution in [3.8, 4) is 11.5 Å². The van der Waals surface area contributed by atoms with Gasteiger partial charge in [0.15, 0.2) is 0 Å². The fourth-order valence-electron chi connectivity index (χ4n) is 1.66. The number of carboxylic acid groups (broad SMARTS) is 1. The Morgan fingerprint density at radius 3 is 2.18 bits per heavy atom. The number of hydrogen-bond donors (Lipinski definition) is 2. The molecule has 0 saturated heterocycles. The minimum absolute atomic E-state index is 0.311. The molecule has 0 atom stereocenters. The molecular weight excluding hydrogens is 286 g/mol. The minimum Gasteiger partial charge on any atom is -0.480 e. The quantitative estimate of drug-likeness (QED) is 0.821. The Morgan fingerprint density at radius 1 is 0.909 bits per heavy atom. The highest BCUT2D eigenvalue weighted by atomic mass is 16.5. The second kappa shape index (κ2) is 7.80. The average Bonchev–Trinajstić information content (AvgIpc) is 2.50. The summed E-state index contributed by atoms with van der Waals surface area (Å²) in [6.07, 6.45) is 0. The van der Waals surface area contributed by atoms with Gasteiger partial charge in [-0.05, 0) is 36.4 Å². The minimum atomic E-state index is -1.12. The number of para-hydroxylation sites is 1. The van der Waals surface area contributed by atoms with Gasteiger partial charge in [0.2, 0.25) is 5.91 Å². The van der Waals surface area contributed by atoms with Crippen molar-refractivity contribution >= 4 is 17.6 Å². The molecule has 0 heterocycles. The van der Waals surface area contributed by atoms with Crippen molar-refractivity contribution in [1.29, 1.82) is 0 Å². The van der Waals surface area contributed by atoms with E-state index in [1.807, 2.05) is 30.3 Å². The smallest absolute Gasteiger partial charge is 0.329 e. The van der Waals surface area contributed by atoms with Crippen LogP contribution in [0.3, 0.4) is 0 Å². The van der Waals surface area contributed by atoms with Crippen molar-refractivity contribution in [2.75, 3.05) is 18.5 Å². The lowest BCUT2D eigenvalue weighted by Gasteiger charge is -2.08. The Balaban J connectivity index is 1.84. The van der Waals surface area contributed by atoms with Crippen LogP contribution in [0.5, 0.6) is 11.5 Å². The molecule has 0 fully saturated rings. The molecule has 0 aromatic heterocycles. The zero-order chi connectivity index (χ0) is 15.8. The average molecular weight is 301 g/mol. The summed E-state index contributed by atoms with van der Waals surface area (Å²) in [6, 6.07) is 16.2. The fourth-order valence-corrected chi connectivity index (χ4v) is 1.66. The van der Waals surface area contributed by atoms with Crippen molar-refractivity contribution in [3.63, 3.8) is 0 Å². The van der Waals surface area contributed by atoms with Crippen LogP contribution >= 0.6 is 0 Å². The topological polar surface area (TPSA) is 84.9 Å². The summed E-state index contributed by atoms with van der Waals surface area (Å²) in [5.74, 6) is -0.166. The van der Waals surface area contributed by atoms with E-state index in [1.165, 1.54) is 0 Å². The van der Waals surface area contributed by atoms with Crippen molar-refractivity contribution in [2.24, 2.45) is 0 Å². The monoisotopic (exact) mass is 301 g/mol. The Bertz CT molecular complexity index is 625. The molecule has 0 spiro atoms. The molecule has 0 aliphatic heterocycles. The van der Waals surface area contributed by atoms with Crippen LogP contribution in [0.2, 0.25) is 0 Å². The highest BCUT2D eigenvalue weighted by Crippen LogP contribution is 2.22. The van der Waals surface area contributed by atoms with Gasteiger partial charge in [0.25, 0.3) is 0 Å². The van der Waals surface area contributed by atoms with Crippen LogP contribution in [0, 0.1) is 0 Å². The van der Waals surface area contributed by atoms with Gasteiger partial charge in [-0.15, -0.1) is 0 Å². The van der Waals surface area contributed by atoms with Gasteiger partial charge in [0.05, 0.1) is 0 Å². The van der Waals surface area contributed by atoms with Gasteiger partial charge in [0.1, 0.15) is 24.7 Å². The van der Waals surface area contributed by atoms with E-state index < -0.39 is 18.5 Å². The zero-order valence-corrected chi connectivity index (χ0v) is 11.7. The predicted molar refractivity (Wildman–Crippen MR) is 80.0 cm³/mol. The number of carbonyl (C=O) groups is 2. The van der Waals surface area contributed by atoms with E-state index in [2.05, 4.69) is 5.32 Å². The van der Waals surface area contributed by atoms with Crippen LogP contribution in [0.1, 0.15) is 0 Å². The highest BCUT2D eigenvalue weighted by Gasteiger charge is 2.05. The van der Waals surface area contributed by atoms with Gasteiger partial charge >= 0.3 is 5.97 Å². The first-order chi connectivity index (χ1) is 10.6. The molecule has 2 aromatic rings. The van der Waals surface area contributed by atoms with Gasteiger partial charge in [-0.25, -0.2) is 4.79 Å². The maximum atomic E-state index is 11.5. The van der Waals surface area contributed by atoms with E-state index in [0.29, 0.717) is 11.4 Å². The number of anilines is 1. The van der Waals surface area contributed by atoms with Crippen LogP contribution in [-0.4, -0.2) is 30.2 Å². The Hall–Kier alpha value is -2.86. The number of nitrogens with one attached hydrogen (secondary N) is 1. The molecular formula is C16H15NO5. The molecule has 0 saturated carbocycles. The second-order valence-corrected chi connectivity index (χ2v) is 4.37. The number of amides is 1. The third-order valence-electron chi connectivity index (χ3n) is 2.58. The SMILES string of the molecule is O=C(O)COCC(=O)Nc1ccc(Oc2ccccc2)cc1. The third-order valence-corrected chi connectivity index (χ3v) is 2.58. The maximum Gasteiger partial charge on any atom is 0.329 e. The van der Waals surface area contributed by atoms with Gasteiger partial charge in [-0.1, -0.05) is 18.2 Å². The molecule has 6 heteroatoms. The molecule has 114 valence electrons. The van der Waals surface area contributed by atoms with Crippen molar-refractivity contribution in [1.82, 2.24) is 0 Å². The molecule has 0 aliphatic carbocycles. The number of carboxylic acids is 1. The summed E-state index contributed by atoms with van der Waals surface area (Å²) in [4.78, 5) is 21.8. The number of aliphatic carboxylic acids is 1. The van der Waals surface area contributed by atoms with Crippen molar-refractivity contribution < 1.29 is 24.2 Å².